The molecule has 0 aliphatic carbocycles. The van der Waals surface area contributed by atoms with Gasteiger partial charge in [0.1, 0.15) is 18.5 Å². The zero-order valence-electron chi connectivity index (χ0n) is 9.31. The molecule has 0 unspecified atom stereocenters. The number of nitrogens with two attached hydrogens (primary N) is 1. The smallest absolute Gasteiger partial charge is 0.119 e. The highest BCUT2D eigenvalue weighted by Crippen LogP contribution is 2.20. The molecule has 1 aromatic rings. The minimum absolute atomic E-state index is 0.226. The van der Waals surface area contributed by atoms with Crippen molar-refractivity contribution in [2.75, 3.05) is 13.2 Å². The van der Waals surface area contributed by atoms with Gasteiger partial charge in [-0.1, -0.05) is 26.0 Å². The van der Waals surface area contributed by atoms with E-state index >= 15 is 0 Å². The van der Waals surface area contributed by atoms with E-state index in [1.807, 2.05) is 18.2 Å². The Morgan fingerprint density at radius 3 is 2.73 bits per heavy atom. The van der Waals surface area contributed by atoms with Gasteiger partial charge in [-0.3, -0.25) is 0 Å². The third kappa shape index (κ3) is 3.90. The van der Waals surface area contributed by atoms with Crippen molar-refractivity contribution >= 4 is 0 Å². The molecule has 15 heavy (non-hydrogen) atoms. The molecule has 0 saturated carbocycles. The lowest BCUT2D eigenvalue weighted by Crippen LogP contribution is -2.26. The topological polar surface area (TPSA) is 55.5 Å². The number of aliphatic hydroxyl groups excluding tert-OH is 1. The zero-order chi connectivity index (χ0) is 11.3. The van der Waals surface area contributed by atoms with Crippen LogP contribution in [-0.2, 0) is 0 Å². The number of hydrogen-bond donors (Lipinski definition) is 2. The van der Waals surface area contributed by atoms with E-state index in [0.29, 0.717) is 5.92 Å². The average molecular weight is 209 g/mol. The SMILES string of the molecule is CC(C)c1cccc(OC[C@H](O)CN)c1. The predicted octanol–water partition coefficient (Wildman–Crippen LogP) is 1.51. The Kier molecular flexibility index (Phi) is 4.59. The van der Waals surface area contributed by atoms with Crippen molar-refractivity contribution in [1.29, 1.82) is 0 Å². The Morgan fingerprint density at radius 2 is 2.13 bits per heavy atom. The molecule has 0 heterocycles. The molecule has 1 atom stereocenters. The van der Waals surface area contributed by atoms with Gasteiger partial charge in [-0.05, 0) is 23.6 Å². The summed E-state index contributed by atoms with van der Waals surface area (Å²) in [6.45, 7) is 4.74. The molecule has 0 amide bonds. The third-order valence-electron chi connectivity index (χ3n) is 2.24. The third-order valence-corrected chi connectivity index (χ3v) is 2.24. The van der Waals surface area contributed by atoms with Gasteiger partial charge in [0.25, 0.3) is 0 Å². The molecule has 0 saturated heterocycles. The van der Waals surface area contributed by atoms with Gasteiger partial charge in [0.15, 0.2) is 0 Å². The van der Waals surface area contributed by atoms with Crippen LogP contribution in [0.25, 0.3) is 0 Å². The van der Waals surface area contributed by atoms with Crippen molar-refractivity contribution in [1.82, 2.24) is 0 Å². The Hall–Kier alpha value is -1.06. The molecular weight excluding hydrogens is 190 g/mol. The summed E-state index contributed by atoms with van der Waals surface area (Å²) in [7, 11) is 0. The number of aliphatic hydroxyl groups is 1. The second-order valence-electron chi connectivity index (χ2n) is 3.93. The van der Waals surface area contributed by atoms with E-state index in [4.69, 9.17) is 10.5 Å². The fraction of sp³-hybridized carbons (Fsp3) is 0.500. The highest BCUT2D eigenvalue weighted by Gasteiger charge is 2.04. The van der Waals surface area contributed by atoms with Gasteiger partial charge in [0.05, 0.1) is 0 Å². The van der Waals surface area contributed by atoms with Gasteiger partial charge >= 0.3 is 0 Å². The Morgan fingerprint density at radius 1 is 1.40 bits per heavy atom. The molecule has 0 bridgehead atoms. The van der Waals surface area contributed by atoms with Crippen LogP contribution in [0.4, 0.5) is 0 Å². The van der Waals surface area contributed by atoms with Gasteiger partial charge in [-0.15, -0.1) is 0 Å². The van der Waals surface area contributed by atoms with Gasteiger partial charge in [0.2, 0.25) is 0 Å². The van der Waals surface area contributed by atoms with Crippen molar-refractivity contribution in [2.45, 2.75) is 25.9 Å². The van der Waals surface area contributed by atoms with Crippen LogP contribution in [0.5, 0.6) is 5.75 Å². The van der Waals surface area contributed by atoms with Crippen molar-refractivity contribution in [3.05, 3.63) is 29.8 Å². The molecule has 3 heteroatoms. The molecule has 84 valence electrons. The van der Waals surface area contributed by atoms with Crippen molar-refractivity contribution in [3.8, 4) is 5.75 Å². The largest absolute Gasteiger partial charge is 0.491 e. The Balaban J connectivity index is 2.58. The van der Waals surface area contributed by atoms with Crippen LogP contribution in [0.1, 0.15) is 25.3 Å². The Bertz CT molecular complexity index is 299. The van der Waals surface area contributed by atoms with E-state index in [2.05, 4.69) is 19.9 Å². The van der Waals surface area contributed by atoms with Gasteiger partial charge in [-0.25, -0.2) is 0 Å². The standard InChI is InChI=1S/C12H19NO2/c1-9(2)10-4-3-5-12(6-10)15-8-11(14)7-13/h3-6,9,11,14H,7-8,13H2,1-2H3/t11-/m1/s1. The van der Waals surface area contributed by atoms with Gasteiger partial charge < -0.3 is 15.6 Å². The fourth-order valence-corrected chi connectivity index (χ4v) is 1.22. The van der Waals surface area contributed by atoms with Crippen LogP contribution in [0, 0.1) is 0 Å². The Labute approximate surface area is 90.9 Å². The molecule has 0 aliphatic heterocycles. The maximum atomic E-state index is 9.25. The number of benzene rings is 1. The van der Waals surface area contributed by atoms with Crippen molar-refractivity contribution in [3.63, 3.8) is 0 Å². The summed E-state index contributed by atoms with van der Waals surface area (Å²) < 4.78 is 5.42. The second-order valence-corrected chi connectivity index (χ2v) is 3.93. The average Bonchev–Trinajstić information content (AvgIpc) is 2.26. The van der Waals surface area contributed by atoms with Crippen molar-refractivity contribution < 1.29 is 9.84 Å². The molecule has 1 aromatic carbocycles. The summed E-state index contributed by atoms with van der Waals surface area (Å²) in [5, 5.41) is 9.25. The number of rotatable bonds is 5. The number of hydrogen-bond acceptors (Lipinski definition) is 3. The number of ether oxygens (including phenoxy) is 1. The molecule has 3 N–H and O–H groups in total. The molecule has 0 spiro atoms. The van der Waals surface area contributed by atoms with Crippen LogP contribution < -0.4 is 10.5 Å². The van der Waals surface area contributed by atoms with E-state index in [0.717, 1.165) is 5.75 Å². The van der Waals surface area contributed by atoms with Gasteiger partial charge in [0, 0.05) is 6.54 Å². The summed E-state index contributed by atoms with van der Waals surface area (Å²) in [6.07, 6.45) is -0.590. The minimum Gasteiger partial charge on any atom is -0.491 e. The molecule has 0 aliphatic rings. The normalized spacial score (nSPS) is 12.9. The molecule has 0 radical (unpaired) electrons. The summed E-state index contributed by atoms with van der Waals surface area (Å²) in [5.41, 5.74) is 6.52. The summed E-state index contributed by atoms with van der Waals surface area (Å²) in [6, 6.07) is 7.90. The van der Waals surface area contributed by atoms with E-state index in [1.54, 1.807) is 0 Å². The highest BCUT2D eigenvalue weighted by atomic mass is 16.5. The summed E-state index contributed by atoms with van der Waals surface area (Å²) in [5.74, 6) is 1.27. The summed E-state index contributed by atoms with van der Waals surface area (Å²) in [4.78, 5) is 0. The monoisotopic (exact) mass is 209 g/mol. The van der Waals surface area contributed by atoms with E-state index in [9.17, 15) is 5.11 Å². The minimum atomic E-state index is -0.590. The maximum Gasteiger partial charge on any atom is 0.119 e. The lowest BCUT2D eigenvalue weighted by atomic mass is 10.0. The summed E-state index contributed by atoms with van der Waals surface area (Å²) >= 11 is 0. The van der Waals surface area contributed by atoms with Crippen molar-refractivity contribution in [2.24, 2.45) is 5.73 Å². The zero-order valence-corrected chi connectivity index (χ0v) is 9.31. The lowest BCUT2D eigenvalue weighted by Gasteiger charge is -2.12. The lowest BCUT2D eigenvalue weighted by molar-refractivity contribution is 0.114. The fourth-order valence-electron chi connectivity index (χ4n) is 1.22. The first-order valence-electron chi connectivity index (χ1n) is 5.24. The molecular formula is C12H19NO2. The van der Waals surface area contributed by atoms with Crippen LogP contribution in [0.15, 0.2) is 24.3 Å². The first-order chi connectivity index (χ1) is 7.13. The molecule has 3 nitrogen and oxygen atoms in total. The highest BCUT2D eigenvalue weighted by molar-refractivity contribution is 5.30. The maximum absolute atomic E-state index is 9.25. The van der Waals surface area contributed by atoms with Crippen LogP contribution in [-0.4, -0.2) is 24.4 Å². The first kappa shape index (κ1) is 12.0. The quantitative estimate of drug-likeness (QED) is 0.772. The molecule has 1 rings (SSSR count). The van der Waals surface area contributed by atoms with E-state index in [1.165, 1.54) is 5.56 Å². The molecule has 0 aromatic heterocycles. The van der Waals surface area contributed by atoms with Crippen LogP contribution >= 0.6 is 0 Å². The van der Waals surface area contributed by atoms with Crippen LogP contribution in [0.2, 0.25) is 0 Å². The van der Waals surface area contributed by atoms with E-state index in [-0.39, 0.29) is 13.2 Å². The predicted molar refractivity (Wildman–Crippen MR) is 61.1 cm³/mol. The first-order valence-corrected chi connectivity index (χ1v) is 5.24. The molecule has 0 fully saturated rings. The van der Waals surface area contributed by atoms with E-state index < -0.39 is 6.10 Å². The van der Waals surface area contributed by atoms with Crippen LogP contribution in [0.3, 0.4) is 0 Å². The second kappa shape index (κ2) is 5.73. The van der Waals surface area contributed by atoms with Gasteiger partial charge in [-0.2, -0.15) is 0 Å².